The number of rotatable bonds is 3. The monoisotopic (exact) mass is 269 g/mol. The van der Waals surface area contributed by atoms with Gasteiger partial charge in [0.1, 0.15) is 0 Å². The molecule has 1 aliphatic heterocycles. The minimum atomic E-state index is 0.669. The molecule has 1 saturated heterocycles. The number of hydrogen-bond donors (Lipinski definition) is 1. The zero-order valence-electron chi connectivity index (χ0n) is 8.71. The van der Waals surface area contributed by atoms with Crippen molar-refractivity contribution in [3.05, 3.63) is 28.7 Å². The van der Waals surface area contributed by atoms with Crippen molar-refractivity contribution in [1.82, 2.24) is 0 Å². The largest absolute Gasteiger partial charge is 0.385 e. The number of halogens is 1. The highest BCUT2D eigenvalue weighted by molar-refractivity contribution is 9.10. The third-order valence-electron chi connectivity index (χ3n) is 2.69. The average molecular weight is 270 g/mol. The maximum atomic E-state index is 5.44. The zero-order chi connectivity index (χ0) is 10.5. The van der Waals surface area contributed by atoms with Crippen molar-refractivity contribution in [2.75, 3.05) is 25.1 Å². The molecule has 1 N–H and O–H groups in total. The van der Waals surface area contributed by atoms with Gasteiger partial charge in [-0.15, -0.1) is 0 Å². The fourth-order valence-electron chi connectivity index (χ4n) is 1.80. The Hall–Kier alpha value is -0.540. The Labute approximate surface area is 99.1 Å². The Morgan fingerprint density at radius 3 is 2.80 bits per heavy atom. The second-order valence-corrected chi connectivity index (χ2v) is 4.89. The summed E-state index contributed by atoms with van der Waals surface area (Å²) in [5.74, 6) is 0.669. The van der Waals surface area contributed by atoms with Crippen LogP contribution in [0.1, 0.15) is 12.8 Å². The van der Waals surface area contributed by atoms with Gasteiger partial charge < -0.3 is 10.1 Å². The van der Waals surface area contributed by atoms with E-state index in [2.05, 4.69) is 45.5 Å². The molecule has 0 spiro atoms. The second kappa shape index (κ2) is 5.52. The second-order valence-electron chi connectivity index (χ2n) is 3.97. The molecule has 1 unspecified atom stereocenters. The molecule has 1 heterocycles. The summed E-state index contributed by atoms with van der Waals surface area (Å²) in [5, 5.41) is 3.44. The lowest BCUT2D eigenvalue weighted by Gasteiger charge is -2.22. The molecule has 0 aromatic heterocycles. The highest BCUT2D eigenvalue weighted by Gasteiger charge is 2.12. The summed E-state index contributed by atoms with van der Waals surface area (Å²) in [7, 11) is 0. The molecule has 0 radical (unpaired) electrons. The Morgan fingerprint density at radius 2 is 2.13 bits per heavy atom. The smallest absolute Gasteiger partial charge is 0.0511 e. The van der Waals surface area contributed by atoms with E-state index in [0.29, 0.717) is 5.92 Å². The van der Waals surface area contributed by atoms with E-state index in [1.165, 1.54) is 18.5 Å². The predicted molar refractivity (Wildman–Crippen MR) is 66.2 cm³/mol. The van der Waals surface area contributed by atoms with Gasteiger partial charge in [-0.1, -0.05) is 15.9 Å². The first-order chi connectivity index (χ1) is 7.34. The number of ether oxygens (including phenoxy) is 1. The van der Waals surface area contributed by atoms with Crippen LogP contribution in [-0.2, 0) is 4.74 Å². The van der Waals surface area contributed by atoms with E-state index in [1.807, 2.05) is 0 Å². The van der Waals surface area contributed by atoms with Gasteiger partial charge in [-0.2, -0.15) is 0 Å². The summed E-state index contributed by atoms with van der Waals surface area (Å²) in [5.41, 5.74) is 1.18. The molecule has 0 amide bonds. The summed E-state index contributed by atoms with van der Waals surface area (Å²) < 4.78 is 6.56. The van der Waals surface area contributed by atoms with Crippen molar-refractivity contribution < 1.29 is 4.74 Å². The van der Waals surface area contributed by atoms with E-state index in [-0.39, 0.29) is 0 Å². The normalized spacial score (nSPS) is 21.3. The zero-order valence-corrected chi connectivity index (χ0v) is 10.3. The SMILES string of the molecule is Brc1ccc(NCC2CCCOC2)cc1. The molecule has 3 heteroatoms. The van der Waals surface area contributed by atoms with Crippen LogP contribution in [0.4, 0.5) is 5.69 Å². The van der Waals surface area contributed by atoms with Crippen LogP contribution < -0.4 is 5.32 Å². The van der Waals surface area contributed by atoms with E-state index in [4.69, 9.17) is 4.74 Å². The van der Waals surface area contributed by atoms with E-state index in [1.54, 1.807) is 0 Å². The van der Waals surface area contributed by atoms with Gasteiger partial charge in [-0.05, 0) is 43.0 Å². The van der Waals surface area contributed by atoms with Crippen LogP contribution in [0.25, 0.3) is 0 Å². The first kappa shape index (κ1) is 11.0. The van der Waals surface area contributed by atoms with Crippen LogP contribution in [0.2, 0.25) is 0 Å². The van der Waals surface area contributed by atoms with Gasteiger partial charge in [0, 0.05) is 23.3 Å². The molecule has 0 aliphatic carbocycles. The highest BCUT2D eigenvalue weighted by Crippen LogP contribution is 2.17. The van der Waals surface area contributed by atoms with Crippen LogP contribution in [0.15, 0.2) is 28.7 Å². The van der Waals surface area contributed by atoms with Crippen molar-refractivity contribution in [3.8, 4) is 0 Å². The Bertz CT molecular complexity index is 293. The van der Waals surface area contributed by atoms with E-state index in [9.17, 15) is 0 Å². The average Bonchev–Trinajstić information content (AvgIpc) is 2.30. The highest BCUT2D eigenvalue weighted by atomic mass is 79.9. The van der Waals surface area contributed by atoms with Crippen molar-refractivity contribution in [2.24, 2.45) is 5.92 Å². The molecule has 2 nitrogen and oxygen atoms in total. The van der Waals surface area contributed by atoms with Gasteiger partial charge in [0.05, 0.1) is 6.61 Å². The van der Waals surface area contributed by atoms with E-state index in [0.717, 1.165) is 24.2 Å². The Kier molecular flexibility index (Phi) is 4.03. The molecule has 0 saturated carbocycles. The first-order valence-corrected chi connectivity index (χ1v) is 6.21. The van der Waals surface area contributed by atoms with Crippen LogP contribution in [0, 0.1) is 5.92 Å². The Balaban J connectivity index is 1.79. The third-order valence-corrected chi connectivity index (χ3v) is 3.22. The minimum absolute atomic E-state index is 0.669. The molecule has 2 rings (SSSR count). The first-order valence-electron chi connectivity index (χ1n) is 5.42. The van der Waals surface area contributed by atoms with Crippen molar-refractivity contribution >= 4 is 21.6 Å². The van der Waals surface area contributed by atoms with Gasteiger partial charge in [0.2, 0.25) is 0 Å². The van der Waals surface area contributed by atoms with Gasteiger partial charge in [-0.3, -0.25) is 0 Å². The van der Waals surface area contributed by atoms with Gasteiger partial charge in [-0.25, -0.2) is 0 Å². The molecular formula is C12H16BrNO. The Morgan fingerprint density at radius 1 is 1.33 bits per heavy atom. The molecule has 15 heavy (non-hydrogen) atoms. The third kappa shape index (κ3) is 3.50. The van der Waals surface area contributed by atoms with Crippen LogP contribution in [0.5, 0.6) is 0 Å². The minimum Gasteiger partial charge on any atom is -0.385 e. The molecule has 1 aromatic carbocycles. The maximum absolute atomic E-state index is 5.44. The summed E-state index contributed by atoms with van der Waals surface area (Å²) >= 11 is 3.43. The van der Waals surface area contributed by atoms with Gasteiger partial charge in [0.15, 0.2) is 0 Å². The molecule has 1 fully saturated rings. The van der Waals surface area contributed by atoms with Crippen molar-refractivity contribution in [2.45, 2.75) is 12.8 Å². The molecular weight excluding hydrogens is 254 g/mol. The van der Waals surface area contributed by atoms with Gasteiger partial charge in [0.25, 0.3) is 0 Å². The lowest BCUT2D eigenvalue weighted by Crippen LogP contribution is -2.24. The number of nitrogens with one attached hydrogen (secondary N) is 1. The predicted octanol–water partition coefficient (Wildman–Crippen LogP) is 3.29. The molecule has 1 aromatic rings. The number of hydrogen-bond acceptors (Lipinski definition) is 2. The topological polar surface area (TPSA) is 21.3 Å². The summed E-state index contributed by atoms with van der Waals surface area (Å²) in [6.45, 7) is 2.86. The maximum Gasteiger partial charge on any atom is 0.0511 e. The van der Waals surface area contributed by atoms with Crippen LogP contribution in [0.3, 0.4) is 0 Å². The lowest BCUT2D eigenvalue weighted by molar-refractivity contribution is 0.0595. The van der Waals surface area contributed by atoms with E-state index >= 15 is 0 Å². The van der Waals surface area contributed by atoms with Crippen molar-refractivity contribution in [1.29, 1.82) is 0 Å². The van der Waals surface area contributed by atoms with Crippen LogP contribution >= 0.6 is 15.9 Å². The molecule has 1 atom stereocenters. The quantitative estimate of drug-likeness (QED) is 0.910. The summed E-state index contributed by atoms with van der Waals surface area (Å²) in [4.78, 5) is 0. The van der Waals surface area contributed by atoms with Crippen molar-refractivity contribution in [3.63, 3.8) is 0 Å². The lowest BCUT2D eigenvalue weighted by atomic mass is 10.0. The summed E-state index contributed by atoms with van der Waals surface area (Å²) in [6.07, 6.45) is 2.48. The fraction of sp³-hybridized carbons (Fsp3) is 0.500. The standard InChI is InChI=1S/C12H16BrNO/c13-11-3-5-12(6-4-11)14-8-10-2-1-7-15-9-10/h3-6,10,14H,1-2,7-9H2. The van der Waals surface area contributed by atoms with Crippen LogP contribution in [-0.4, -0.2) is 19.8 Å². The van der Waals surface area contributed by atoms with E-state index < -0.39 is 0 Å². The summed E-state index contributed by atoms with van der Waals surface area (Å²) in [6, 6.07) is 8.29. The number of anilines is 1. The van der Waals surface area contributed by atoms with Gasteiger partial charge >= 0.3 is 0 Å². The molecule has 0 bridgehead atoms. The molecule has 82 valence electrons. The molecule has 1 aliphatic rings. The number of benzene rings is 1. The fourth-order valence-corrected chi connectivity index (χ4v) is 2.06.